The number of Topliss-reactive ketones (excluding diaryl/α,β-unsaturated/α-hetero) is 1. The third-order valence-electron chi connectivity index (χ3n) is 4.18. The van der Waals surface area contributed by atoms with E-state index in [1.165, 1.54) is 5.56 Å². The molecule has 2 rings (SSSR count). The highest BCUT2D eigenvalue weighted by atomic mass is 16.6. The van der Waals surface area contributed by atoms with Crippen LogP contribution in [0.4, 0.5) is 4.79 Å². The number of carbonyl (C=O) groups is 2. The van der Waals surface area contributed by atoms with Gasteiger partial charge in [0, 0.05) is 11.6 Å². The van der Waals surface area contributed by atoms with E-state index in [0.717, 1.165) is 31.2 Å². The zero-order valence-corrected chi connectivity index (χ0v) is 14.5. The van der Waals surface area contributed by atoms with Gasteiger partial charge in [-0.15, -0.1) is 0 Å². The normalized spacial score (nSPS) is 21.6. The Bertz CT molecular complexity index is 557. The number of ketones is 1. The fourth-order valence-electron chi connectivity index (χ4n) is 3.09. The molecule has 1 amide bonds. The minimum atomic E-state index is -0.472. The lowest BCUT2D eigenvalue weighted by atomic mass is 9.81. The summed E-state index contributed by atoms with van der Waals surface area (Å²) in [5, 5.41) is 2.99. The number of carbonyl (C=O) groups excluding carboxylic acids is 2. The lowest BCUT2D eigenvalue weighted by Gasteiger charge is -2.31. The molecule has 23 heavy (non-hydrogen) atoms. The summed E-state index contributed by atoms with van der Waals surface area (Å²) < 4.78 is 5.34. The van der Waals surface area contributed by atoms with Crippen molar-refractivity contribution in [1.29, 1.82) is 0 Å². The van der Waals surface area contributed by atoms with Crippen LogP contribution in [0.25, 0.3) is 0 Å². The Hall–Kier alpha value is -1.84. The van der Waals surface area contributed by atoms with Crippen LogP contribution < -0.4 is 5.32 Å². The number of amides is 1. The molecule has 1 aliphatic rings. The molecule has 1 fully saturated rings. The first-order chi connectivity index (χ1) is 10.7. The quantitative estimate of drug-likeness (QED) is 0.838. The Morgan fingerprint density at radius 3 is 2.35 bits per heavy atom. The number of hydrogen-bond acceptors (Lipinski definition) is 3. The van der Waals surface area contributed by atoms with Gasteiger partial charge in [0.1, 0.15) is 5.60 Å². The van der Waals surface area contributed by atoms with Crippen LogP contribution in [0, 0.1) is 0 Å². The molecule has 0 spiro atoms. The average molecular weight is 317 g/mol. The van der Waals surface area contributed by atoms with E-state index >= 15 is 0 Å². The van der Waals surface area contributed by atoms with E-state index < -0.39 is 5.60 Å². The van der Waals surface area contributed by atoms with Crippen molar-refractivity contribution in [3.8, 4) is 0 Å². The number of alkyl carbamates (subject to hydrolysis) is 1. The van der Waals surface area contributed by atoms with Gasteiger partial charge in [0.2, 0.25) is 0 Å². The fourth-order valence-corrected chi connectivity index (χ4v) is 3.09. The monoisotopic (exact) mass is 317 g/mol. The van der Waals surface area contributed by atoms with E-state index in [1.54, 1.807) is 6.92 Å². The standard InChI is InChI=1S/C19H27NO3/c1-13(21)14-8-10-15(11-9-14)16-6-5-7-17(12-16)20-18(22)23-19(2,3)4/h8-11,16-17H,5-7,12H2,1-4H3,(H,20,22). The molecule has 1 N–H and O–H groups in total. The number of benzene rings is 1. The molecule has 2 unspecified atom stereocenters. The summed E-state index contributed by atoms with van der Waals surface area (Å²) in [6.07, 6.45) is 3.76. The van der Waals surface area contributed by atoms with Gasteiger partial charge in [-0.2, -0.15) is 0 Å². The van der Waals surface area contributed by atoms with E-state index in [4.69, 9.17) is 4.74 Å². The zero-order valence-electron chi connectivity index (χ0n) is 14.5. The van der Waals surface area contributed by atoms with Crippen molar-refractivity contribution in [1.82, 2.24) is 5.32 Å². The average Bonchev–Trinajstić information content (AvgIpc) is 2.45. The van der Waals surface area contributed by atoms with Gasteiger partial charge in [-0.05, 0) is 58.4 Å². The summed E-state index contributed by atoms with van der Waals surface area (Å²) in [5.74, 6) is 0.509. The molecule has 126 valence electrons. The van der Waals surface area contributed by atoms with Crippen LogP contribution in [0.2, 0.25) is 0 Å². The Labute approximate surface area is 138 Å². The number of rotatable bonds is 3. The Morgan fingerprint density at radius 2 is 1.78 bits per heavy atom. The summed E-state index contributed by atoms with van der Waals surface area (Å²) in [7, 11) is 0. The first kappa shape index (κ1) is 17.5. The van der Waals surface area contributed by atoms with Crippen molar-refractivity contribution in [2.24, 2.45) is 0 Å². The lowest BCUT2D eigenvalue weighted by molar-refractivity contribution is 0.0490. The molecule has 0 aromatic heterocycles. The Balaban J connectivity index is 1.95. The highest BCUT2D eigenvalue weighted by molar-refractivity contribution is 5.94. The maximum Gasteiger partial charge on any atom is 0.407 e. The highest BCUT2D eigenvalue weighted by Gasteiger charge is 2.26. The summed E-state index contributed by atoms with van der Waals surface area (Å²) in [6, 6.07) is 8.01. The molecule has 1 aliphatic carbocycles. The molecule has 1 saturated carbocycles. The third kappa shape index (κ3) is 5.38. The summed E-state index contributed by atoms with van der Waals surface area (Å²) in [5.41, 5.74) is 1.51. The molecule has 1 aromatic carbocycles. The second-order valence-corrected chi connectivity index (χ2v) is 7.38. The molecule has 0 saturated heterocycles. The molecule has 1 aromatic rings. The predicted molar refractivity (Wildman–Crippen MR) is 90.8 cm³/mol. The van der Waals surface area contributed by atoms with Gasteiger partial charge in [-0.25, -0.2) is 4.79 Å². The second kappa shape index (κ2) is 7.16. The minimum absolute atomic E-state index is 0.0877. The zero-order chi connectivity index (χ0) is 17.0. The van der Waals surface area contributed by atoms with E-state index in [1.807, 2.05) is 45.0 Å². The van der Waals surface area contributed by atoms with Gasteiger partial charge in [-0.1, -0.05) is 30.7 Å². The molecule has 0 aliphatic heterocycles. The van der Waals surface area contributed by atoms with Crippen molar-refractivity contribution < 1.29 is 14.3 Å². The fraction of sp³-hybridized carbons (Fsp3) is 0.579. The van der Waals surface area contributed by atoms with Crippen molar-refractivity contribution in [2.45, 2.75) is 70.9 Å². The Kier molecular flexibility index (Phi) is 5.45. The smallest absolute Gasteiger partial charge is 0.407 e. The summed E-state index contributed by atoms with van der Waals surface area (Å²) in [6.45, 7) is 7.18. The van der Waals surface area contributed by atoms with Gasteiger partial charge in [0.05, 0.1) is 0 Å². The molecular weight excluding hydrogens is 290 g/mol. The molecular formula is C19H27NO3. The van der Waals surface area contributed by atoms with Crippen LogP contribution in [0.15, 0.2) is 24.3 Å². The van der Waals surface area contributed by atoms with Crippen molar-refractivity contribution in [3.63, 3.8) is 0 Å². The van der Waals surface area contributed by atoms with Gasteiger partial charge in [0.25, 0.3) is 0 Å². The lowest BCUT2D eigenvalue weighted by Crippen LogP contribution is -2.41. The van der Waals surface area contributed by atoms with Crippen LogP contribution in [0.3, 0.4) is 0 Å². The van der Waals surface area contributed by atoms with Gasteiger partial charge in [0.15, 0.2) is 5.78 Å². The van der Waals surface area contributed by atoms with E-state index in [-0.39, 0.29) is 17.9 Å². The van der Waals surface area contributed by atoms with Crippen LogP contribution >= 0.6 is 0 Å². The SMILES string of the molecule is CC(=O)c1ccc(C2CCCC(NC(=O)OC(C)(C)C)C2)cc1. The van der Waals surface area contributed by atoms with Crippen molar-refractivity contribution in [2.75, 3.05) is 0 Å². The molecule has 0 bridgehead atoms. The second-order valence-electron chi connectivity index (χ2n) is 7.38. The minimum Gasteiger partial charge on any atom is -0.444 e. The van der Waals surface area contributed by atoms with Gasteiger partial charge in [-0.3, -0.25) is 4.79 Å². The third-order valence-corrected chi connectivity index (χ3v) is 4.18. The largest absolute Gasteiger partial charge is 0.444 e. The molecule has 2 atom stereocenters. The Morgan fingerprint density at radius 1 is 1.13 bits per heavy atom. The first-order valence-electron chi connectivity index (χ1n) is 8.35. The number of nitrogens with one attached hydrogen (secondary N) is 1. The van der Waals surface area contributed by atoms with E-state index in [0.29, 0.717) is 5.92 Å². The van der Waals surface area contributed by atoms with Crippen LogP contribution in [-0.2, 0) is 4.74 Å². The molecule has 0 heterocycles. The van der Waals surface area contributed by atoms with Crippen molar-refractivity contribution in [3.05, 3.63) is 35.4 Å². The van der Waals surface area contributed by atoms with Gasteiger partial charge < -0.3 is 10.1 Å². The van der Waals surface area contributed by atoms with Crippen LogP contribution in [0.1, 0.15) is 75.2 Å². The van der Waals surface area contributed by atoms with E-state index in [2.05, 4.69) is 5.32 Å². The topological polar surface area (TPSA) is 55.4 Å². The summed E-state index contributed by atoms with van der Waals surface area (Å²) in [4.78, 5) is 23.3. The maximum absolute atomic E-state index is 11.9. The molecule has 4 heteroatoms. The first-order valence-corrected chi connectivity index (χ1v) is 8.35. The number of ether oxygens (including phenoxy) is 1. The molecule has 0 radical (unpaired) electrons. The predicted octanol–water partition coefficient (Wildman–Crippen LogP) is 4.44. The summed E-state index contributed by atoms with van der Waals surface area (Å²) >= 11 is 0. The van der Waals surface area contributed by atoms with Crippen LogP contribution in [-0.4, -0.2) is 23.5 Å². The maximum atomic E-state index is 11.9. The van der Waals surface area contributed by atoms with Crippen LogP contribution in [0.5, 0.6) is 0 Å². The molecule has 4 nitrogen and oxygen atoms in total. The van der Waals surface area contributed by atoms with E-state index in [9.17, 15) is 9.59 Å². The highest BCUT2D eigenvalue weighted by Crippen LogP contribution is 2.33. The van der Waals surface area contributed by atoms with Crippen molar-refractivity contribution >= 4 is 11.9 Å². The van der Waals surface area contributed by atoms with Gasteiger partial charge >= 0.3 is 6.09 Å². The number of hydrogen-bond donors (Lipinski definition) is 1.